The topological polar surface area (TPSA) is 46.6 Å². The highest BCUT2D eigenvalue weighted by molar-refractivity contribution is 7.89. The number of halogens is 1. The van der Waals surface area contributed by atoms with Crippen molar-refractivity contribution in [3.8, 4) is 5.75 Å². The van der Waals surface area contributed by atoms with E-state index in [0.29, 0.717) is 42.1 Å². The molecule has 1 saturated heterocycles. The molecule has 1 atom stereocenters. The summed E-state index contributed by atoms with van der Waals surface area (Å²) in [5.41, 5.74) is 0. The van der Waals surface area contributed by atoms with E-state index < -0.39 is 10.0 Å². The number of hydrogen-bond acceptors (Lipinski definition) is 3. The zero-order chi connectivity index (χ0) is 14.6. The van der Waals surface area contributed by atoms with Gasteiger partial charge in [0.1, 0.15) is 12.4 Å². The highest BCUT2D eigenvalue weighted by Gasteiger charge is 2.31. The summed E-state index contributed by atoms with van der Waals surface area (Å²) in [5, 5.41) is 0. The van der Waals surface area contributed by atoms with Crippen LogP contribution in [-0.4, -0.2) is 38.3 Å². The largest absolute Gasteiger partial charge is 0.492 e. The second kappa shape index (κ2) is 6.78. The summed E-state index contributed by atoms with van der Waals surface area (Å²) in [6, 6.07) is 6.54. The van der Waals surface area contributed by atoms with Gasteiger partial charge in [-0.25, -0.2) is 8.42 Å². The Morgan fingerprint density at radius 2 is 2.05 bits per heavy atom. The van der Waals surface area contributed by atoms with Gasteiger partial charge in [0.2, 0.25) is 10.0 Å². The number of sulfonamides is 1. The average molecular weight is 318 g/mol. The summed E-state index contributed by atoms with van der Waals surface area (Å²) in [4.78, 5) is 0.326. The zero-order valence-corrected chi connectivity index (χ0v) is 13.2. The molecule has 1 unspecified atom stereocenters. The van der Waals surface area contributed by atoms with Crippen molar-refractivity contribution in [1.82, 2.24) is 4.31 Å². The van der Waals surface area contributed by atoms with Crippen LogP contribution in [0.15, 0.2) is 29.2 Å². The molecule has 0 N–H and O–H groups in total. The van der Waals surface area contributed by atoms with E-state index in [-0.39, 0.29) is 0 Å². The Balaban J connectivity index is 2.10. The van der Waals surface area contributed by atoms with Gasteiger partial charge in [-0.1, -0.05) is 13.3 Å². The fourth-order valence-corrected chi connectivity index (χ4v) is 3.97. The highest BCUT2D eigenvalue weighted by atomic mass is 35.5. The van der Waals surface area contributed by atoms with Gasteiger partial charge in [0.05, 0.1) is 10.8 Å². The van der Waals surface area contributed by atoms with Gasteiger partial charge in [0.15, 0.2) is 0 Å². The van der Waals surface area contributed by atoms with Crippen molar-refractivity contribution in [2.45, 2.75) is 24.7 Å². The molecular formula is C14H20ClNO3S. The van der Waals surface area contributed by atoms with Crippen molar-refractivity contribution < 1.29 is 13.2 Å². The molecule has 0 aromatic heterocycles. The van der Waals surface area contributed by atoms with Gasteiger partial charge < -0.3 is 4.74 Å². The first-order chi connectivity index (χ1) is 9.57. The van der Waals surface area contributed by atoms with Gasteiger partial charge in [-0.05, 0) is 36.6 Å². The number of nitrogens with zero attached hydrogens (tertiary/aromatic N) is 1. The normalized spacial score (nSPS) is 20.2. The van der Waals surface area contributed by atoms with Crippen molar-refractivity contribution in [3.63, 3.8) is 0 Å². The Morgan fingerprint density at radius 1 is 1.35 bits per heavy atom. The fraction of sp³-hybridized carbons (Fsp3) is 0.571. The Kier molecular flexibility index (Phi) is 5.29. The van der Waals surface area contributed by atoms with Crippen LogP contribution in [-0.2, 0) is 10.0 Å². The summed E-state index contributed by atoms with van der Waals surface area (Å²) in [6.07, 6.45) is 1.98. The third-order valence-corrected chi connectivity index (χ3v) is 5.67. The van der Waals surface area contributed by atoms with Gasteiger partial charge in [0.25, 0.3) is 0 Å². The van der Waals surface area contributed by atoms with Crippen LogP contribution in [0.4, 0.5) is 0 Å². The van der Waals surface area contributed by atoms with Crippen LogP contribution in [0.5, 0.6) is 5.75 Å². The van der Waals surface area contributed by atoms with E-state index in [0.717, 1.165) is 12.8 Å². The molecule has 20 heavy (non-hydrogen) atoms. The molecule has 0 amide bonds. The van der Waals surface area contributed by atoms with Crippen LogP contribution in [0, 0.1) is 5.92 Å². The van der Waals surface area contributed by atoms with E-state index in [1.165, 1.54) is 0 Å². The van der Waals surface area contributed by atoms with Crippen LogP contribution < -0.4 is 4.74 Å². The molecule has 6 heteroatoms. The Hall–Kier alpha value is -0.780. The molecule has 2 rings (SSSR count). The maximum Gasteiger partial charge on any atom is 0.243 e. The summed E-state index contributed by atoms with van der Waals surface area (Å²) >= 11 is 5.54. The first kappa shape index (κ1) is 15.6. The second-order valence-electron chi connectivity index (χ2n) is 4.93. The van der Waals surface area contributed by atoms with Gasteiger partial charge in [-0.2, -0.15) is 4.31 Å². The third-order valence-electron chi connectivity index (χ3n) is 3.63. The van der Waals surface area contributed by atoms with Crippen LogP contribution in [0.25, 0.3) is 0 Å². The molecule has 0 spiro atoms. The summed E-state index contributed by atoms with van der Waals surface area (Å²) < 4.78 is 31.9. The molecular weight excluding hydrogens is 298 g/mol. The second-order valence-corrected chi connectivity index (χ2v) is 7.25. The van der Waals surface area contributed by atoms with Crippen LogP contribution in [0.1, 0.15) is 19.8 Å². The van der Waals surface area contributed by atoms with Crippen molar-refractivity contribution in [3.05, 3.63) is 24.3 Å². The van der Waals surface area contributed by atoms with Crippen molar-refractivity contribution in [2.75, 3.05) is 25.6 Å². The molecule has 1 aromatic carbocycles. The lowest BCUT2D eigenvalue weighted by molar-refractivity contribution is 0.342. The number of rotatable bonds is 6. The first-order valence-corrected chi connectivity index (χ1v) is 8.84. The van der Waals surface area contributed by atoms with Crippen LogP contribution >= 0.6 is 11.6 Å². The molecule has 1 aliphatic heterocycles. The summed E-state index contributed by atoms with van der Waals surface area (Å²) in [5.74, 6) is 1.53. The minimum atomic E-state index is -3.37. The molecule has 1 fully saturated rings. The Morgan fingerprint density at radius 3 is 2.60 bits per heavy atom. The summed E-state index contributed by atoms with van der Waals surface area (Å²) in [7, 11) is -3.37. The predicted octanol–water partition coefficient (Wildman–Crippen LogP) is 2.72. The van der Waals surface area contributed by atoms with Gasteiger partial charge in [0, 0.05) is 13.1 Å². The lowest BCUT2D eigenvalue weighted by Crippen LogP contribution is -2.28. The van der Waals surface area contributed by atoms with E-state index in [4.69, 9.17) is 16.3 Å². The molecule has 1 heterocycles. The fourth-order valence-electron chi connectivity index (χ4n) is 2.36. The van der Waals surface area contributed by atoms with Gasteiger partial charge in [-0.15, -0.1) is 11.6 Å². The Labute approximate surface area is 125 Å². The number of hydrogen-bond donors (Lipinski definition) is 0. The lowest BCUT2D eigenvalue weighted by atomic mass is 10.1. The molecule has 0 radical (unpaired) electrons. The Bertz CT molecular complexity index is 530. The zero-order valence-electron chi connectivity index (χ0n) is 11.6. The molecule has 4 nitrogen and oxygen atoms in total. The lowest BCUT2D eigenvalue weighted by Gasteiger charge is -2.16. The van der Waals surface area contributed by atoms with Gasteiger partial charge >= 0.3 is 0 Å². The number of benzene rings is 1. The maximum absolute atomic E-state index is 12.5. The molecule has 0 saturated carbocycles. The molecule has 1 aliphatic rings. The predicted molar refractivity (Wildman–Crippen MR) is 79.8 cm³/mol. The SMILES string of the molecule is CCC1CCN(S(=O)(=O)c2ccc(OCCCl)cc2)C1. The van der Waals surface area contributed by atoms with E-state index >= 15 is 0 Å². The standard InChI is InChI=1S/C14H20ClNO3S/c1-2-12-7-9-16(11-12)20(17,18)14-5-3-13(4-6-14)19-10-8-15/h3-6,12H,2,7-11H2,1H3. The monoisotopic (exact) mass is 317 g/mol. The quantitative estimate of drug-likeness (QED) is 0.758. The first-order valence-electron chi connectivity index (χ1n) is 6.87. The van der Waals surface area contributed by atoms with E-state index in [2.05, 4.69) is 6.92 Å². The molecule has 1 aromatic rings. The molecule has 112 valence electrons. The highest BCUT2D eigenvalue weighted by Crippen LogP contribution is 2.26. The smallest absolute Gasteiger partial charge is 0.243 e. The van der Waals surface area contributed by atoms with Gasteiger partial charge in [-0.3, -0.25) is 0 Å². The average Bonchev–Trinajstić information content (AvgIpc) is 2.95. The minimum absolute atomic E-state index is 0.326. The molecule has 0 aliphatic carbocycles. The van der Waals surface area contributed by atoms with Crippen molar-refractivity contribution in [2.24, 2.45) is 5.92 Å². The van der Waals surface area contributed by atoms with E-state index in [9.17, 15) is 8.42 Å². The van der Waals surface area contributed by atoms with Crippen molar-refractivity contribution in [1.29, 1.82) is 0 Å². The van der Waals surface area contributed by atoms with Crippen molar-refractivity contribution >= 4 is 21.6 Å². The maximum atomic E-state index is 12.5. The van der Waals surface area contributed by atoms with Crippen LogP contribution in [0.2, 0.25) is 0 Å². The number of alkyl halides is 1. The number of ether oxygens (including phenoxy) is 1. The third kappa shape index (κ3) is 3.45. The van der Waals surface area contributed by atoms with Crippen LogP contribution in [0.3, 0.4) is 0 Å². The van der Waals surface area contributed by atoms with E-state index in [1.54, 1.807) is 28.6 Å². The van der Waals surface area contributed by atoms with E-state index in [1.807, 2.05) is 0 Å². The minimum Gasteiger partial charge on any atom is -0.492 e. The molecule has 0 bridgehead atoms. The summed E-state index contributed by atoms with van der Waals surface area (Å²) in [6.45, 7) is 3.76.